The number of hydrogen-bond donors (Lipinski definition) is 1. The maximum atomic E-state index is 14.6. The van der Waals surface area contributed by atoms with Crippen molar-refractivity contribution < 1.29 is 17.9 Å². The fourth-order valence-electron chi connectivity index (χ4n) is 3.60. The predicted molar refractivity (Wildman–Crippen MR) is 108 cm³/mol. The second-order valence-corrected chi connectivity index (χ2v) is 7.24. The molecule has 1 unspecified atom stereocenters. The summed E-state index contributed by atoms with van der Waals surface area (Å²) in [4.78, 5) is 6.72. The maximum Gasteiger partial charge on any atom is 0.266 e. The number of benzene rings is 1. The number of aryl methyl sites for hydroxylation is 1. The normalized spacial score (nSPS) is 15.6. The Morgan fingerprint density at radius 2 is 1.87 bits per heavy atom. The van der Waals surface area contributed by atoms with E-state index >= 15 is 0 Å². The molecule has 0 spiro atoms. The Morgan fingerprint density at radius 1 is 1.13 bits per heavy atom. The Balaban J connectivity index is 1.70. The van der Waals surface area contributed by atoms with Gasteiger partial charge >= 0.3 is 0 Å². The predicted octanol–water partition coefficient (Wildman–Crippen LogP) is 4.42. The Labute approximate surface area is 172 Å². The SMILES string of the molecule is Cc1nnc(NC(C)c2cccc(C(F)F)c2F)c2cc(N3CCOCC3)cnc12. The number of aromatic nitrogens is 3. The van der Waals surface area contributed by atoms with Gasteiger partial charge in [-0.25, -0.2) is 13.2 Å². The van der Waals surface area contributed by atoms with Crippen molar-refractivity contribution in [1.82, 2.24) is 15.2 Å². The highest BCUT2D eigenvalue weighted by atomic mass is 19.3. The second-order valence-electron chi connectivity index (χ2n) is 7.24. The van der Waals surface area contributed by atoms with Crippen LogP contribution in [0.3, 0.4) is 0 Å². The number of hydrogen-bond acceptors (Lipinski definition) is 6. The maximum absolute atomic E-state index is 14.6. The van der Waals surface area contributed by atoms with Crippen molar-refractivity contribution in [2.75, 3.05) is 36.5 Å². The number of pyridine rings is 1. The molecule has 0 radical (unpaired) electrons. The summed E-state index contributed by atoms with van der Waals surface area (Å²) >= 11 is 0. The number of fused-ring (bicyclic) bond motifs is 1. The lowest BCUT2D eigenvalue weighted by molar-refractivity contribution is 0.122. The fraction of sp³-hybridized carbons (Fsp3) is 0.381. The molecule has 1 saturated heterocycles. The first-order valence-electron chi connectivity index (χ1n) is 9.74. The molecule has 1 atom stereocenters. The number of ether oxygens (including phenoxy) is 1. The third-order valence-corrected chi connectivity index (χ3v) is 5.26. The lowest BCUT2D eigenvalue weighted by Crippen LogP contribution is -2.36. The Morgan fingerprint density at radius 3 is 2.60 bits per heavy atom. The molecule has 0 amide bonds. The van der Waals surface area contributed by atoms with Crippen LogP contribution in [-0.2, 0) is 4.74 Å². The minimum absolute atomic E-state index is 0.139. The first kappa shape index (κ1) is 20.3. The van der Waals surface area contributed by atoms with Crippen molar-refractivity contribution in [3.8, 4) is 0 Å². The lowest BCUT2D eigenvalue weighted by Gasteiger charge is -2.28. The van der Waals surface area contributed by atoms with Crippen molar-refractivity contribution in [2.24, 2.45) is 0 Å². The molecule has 30 heavy (non-hydrogen) atoms. The van der Waals surface area contributed by atoms with Gasteiger partial charge in [-0.05, 0) is 19.9 Å². The minimum atomic E-state index is -2.88. The van der Waals surface area contributed by atoms with Gasteiger partial charge in [0, 0.05) is 24.0 Å². The number of alkyl halides is 2. The molecule has 2 aromatic heterocycles. The molecule has 3 aromatic rings. The van der Waals surface area contributed by atoms with E-state index in [1.165, 1.54) is 12.1 Å². The van der Waals surface area contributed by atoms with Crippen molar-refractivity contribution in [3.63, 3.8) is 0 Å². The average Bonchev–Trinajstić information content (AvgIpc) is 2.76. The van der Waals surface area contributed by atoms with E-state index in [9.17, 15) is 13.2 Å². The second kappa shape index (κ2) is 8.43. The zero-order chi connectivity index (χ0) is 21.3. The van der Waals surface area contributed by atoms with E-state index in [0.29, 0.717) is 30.2 Å². The lowest BCUT2D eigenvalue weighted by atomic mass is 10.0. The summed E-state index contributed by atoms with van der Waals surface area (Å²) in [5, 5.41) is 12.2. The summed E-state index contributed by atoms with van der Waals surface area (Å²) in [7, 11) is 0. The molecule has 3 heterocycles. The Bertz CT molecular complexity index is 1060. The van der Waals surface area contributed by atoms with Crippen LogP contribution in [0, 0.1) is 12.7 Å². The summed E-state index contributed by atoms with van der Waals surface area (Å²) < 4.78 is 46.1. The molecule has 1 fully saturated rings. The van der Waals surface area contributed by atoms with Crippen LogP contribution in [-0.4, -0.2) is 41.5 Å². The molecular formula is C21H22F3N5O. The summed E-state index contributed by atoms with van der Waals surface area (Å²) in [6.07, 6.45) is -1.08. The van der Waals surface area contributed by atoms with Crippen LogP contribution in [0.4, 0.5) is 24.7 Å². The molecule has 0 saturated carbocycles. The molecule has 1 aliphatic rings. The first-order valence-corrected chi connectivity index (χ1v) is 9.74. The molecule has 4 rings (SSSR count). The van der Waals surface area contributed by atoms with Gasteiger partial charge in [-0.1, -0.05) is 18.2 Å². The molecule has 1 N–H and O–H groups in total. The number of morpholine rings is 1. The molecule has 9 heteroatoms. The van der Waals surface area contributed by atoms with Gasteiger partial charge in [-0.3, -0.25) is 4.98 Å². The quantitative estimate of drug-likeness (QED) is 0.663. The molecule has 0 bridgehead atoms. The third kappa shape index (κ3) is 3.89. The van der Waals surface area contributed by atoms with Crippen molar-refractivity contribution >= 4 is 22.4 Å². The molecular weight excluding hydrogens is 395 g/mol. The van der Waals surface area contributed by atoms with Crippen LogP contribution in [0.2, 0.25) is 0 Å². The average molecular weight is 417 g/mol. The minimum Gasteiger partial charge on any atom is -0.378 e. The van der Waals surface area contributed by atoms with Crippen LogP contribution in [0.15, 0.2) is 30.5 Å². The summed E-state index contributed by atoms with van der Waals surface area (Å²) in [5.41, 5.74) is 1.80. The highest BCUT2D eigenvalue weighted by Gasteiger charge is 2.21. The number of anilines is 2. The molecule has 0 aliphatic carbocycles. The van der Waals surface area contributed by atoms with Crippen LogP contribution < -0.4 is 10.2 Å². The van der Waals surface area contributed by atoms with E-state index < -0.39 is 23.8 Å². The van der Waals surface area contributed by atoms with Crippen molar-refractivity contribution in [3.05, 3.63) is 53.1 Å². The molecule has 6 nitrogen and oxygen atoms in total. The van der Waals surface area contributed by atoms with Gasteiger partial charge in [-0.2, -0.15) is 5.10 Å². The van der Waals surface area contributed by atoms with E-state index in [2.05, 4.69) is 25.4 Å². The summed E-state index contributed by atoms with van der Waals surface area (Å²) in [6.45, 7) is 6.32. The standard InChI is InChI=1S/C21H22F3N5O/c1-12(15-4-3-5-16(18(15)22)20(23)24)26-21-17-10-14(29-6-8-30-9-7-29)11-25-19(17)13(2)27-28-21/h3-5,10-12,20H,6-9H2,1-2H3,(H,26,28). The van der Waals surface area contributed by atoms with Gasteiger partial charge in [-0.15, -0.1) is 5.10 Å². The van der Waals surface area contributed by atoms with Gasteiger partial charge in [0.05, 0.1) is 47.9 Å². The molecule has 158 valence electrons. The monoisotopic (exact) mass is 417 g/mol. The van der Waals surface area contributed by atoms with Gasteiger partial charge < -0.3 is 15.0 Å². The molecule has 1 aromatic carbocycles. The van der Waals surface area contributed by atoms with Gasteiger partial charge in [0.2, 0.25) is 0 Å². The molecule has 1 aliphatic heterocycles. The smallest absolute Gasteiger partial charge is 0.266 e. The first-order chi connectivity index (χ1) is 14.5. The van der Waals surface area contributed by atoms with Gasteiger partial charge in [0.1, 0.15) is 5.82 Å². The van der Waals surface area contributed by atoms with Crippen molar-refractivity contribution in [2.45, 2.75) is 26.3 Å². The number of rotatable bonds is 5. The van der Waals surface area contributed by atoms with Gasteiger partial charge in [0.15, 0.2) is 5.82 Å². The number of nitrogens with one attached hydrogen (secondary N) is 1. The van der Waals surface area contributed by atoms with Gasteiger partial charge in [0.25, 0.3) is 6.43 Å². The van der Waals surface area contributed by atoms with Crippen LogP contribution in [0.25, 0.3) is 10.9 Å². The van der Waals surface area contributed by atoms with Crippen LogP contribution >= 0.6 is 0 Å². The van der Waals surface area contributed by atoms with E-state index in [1.807, 2.05) is 13.0 Å². The zero-order valence-electron chi connectivity index (χ0n) is 16.7. The topological polar surface area (TPSA) is 63.2 Å². The fourth-order valence-corrected chi connectivity index (χ4v) is 3.60. The third-order valence-electron chi connectivity index (χ3n) is 5.26. The van der Waals surface area contributed by atoms with E-state index in [0.717, 1.165) is 30.2 Å². The highest BCUT2D eigenvalue weighted by Crippen LogP contribution is 2.31. The van der Waals surface area contributed by atoms with E-state index in [-0.39, 0.29) is 5.56 Å². The van der Waals surface area contributed by atoms with E-state index in [4.69, 9.17) is 4.74 Å². The Hall–Kier alpha value is -2.94. The highest BCUT2D eigenvalue weighted by molar-refractivity contribution is 5.92. The van der Waals surface area contributed by atoms with Crippen LogP contribution in [0.5, 0.6) is 0 Å². The summed E-state index contributed by atoms with van der Waals surface area (Å²) in [6, 6.07) is 5.37. The summed E-state index contributed by atoms with van der Waals surface area (Å²) in [5.74, 6) is -0.489. The van der Waals surface area contributed by atoms with E-state index in [1.54, 1.807) is 13.1 Å². The number of halogens is 3. The van der Waals surface area contributed by atoms with Crippen molar-refractivity contribution in [1.29, 1.82) is 0 Å². The Kier molecular flexibility index (Phi) is 5.72. The zero-order valence-corrected chi connectivity index (χ0v) is 16.7. The van der Waals surface area contributed by atoms with Crippen LogP contribution in [0.1, 0.15) is 36.2 Å². The largest absolute Gasteiger partial charge is 0.378 e. The number of nitrogens with zero attached hydrogens (tertiary/aromatic N) is 4.